The van der Waals surface area contributed by atoms with Crippen molar-refractivity contribution >= 4 is 29.2 Å². The standard InChI is InChI=1S/C28H27N3O4/c1-30(2)20-16-14-18(15-17-20)24-22-23(26(33)31(25(22)32)21-12-8-5-9-13-21)28(29-24,27(34)35-3)19-10-6-4-7-11-19/h4-17,22-24,29H,1-3H3/t22-,23+,24+,28+/m0/s1. The van der Waals surface area contributed by atoms with Crippen LogP contribution in [0, 0.1) is 11.8 Å². The average molecular weight is 470 g/mol. The van der Waals surface area contributed by atoms with Gasteiger partial charge in [0.25, 0.3) is 0 Å². The number of carbonyl (C=O) groups is 3. The molecule has 0 aliphatic carbocycles. The van der Waals surface area contributed by atoms with Crippen LogP contribution in [-0.2, 0) is 24.7 Å². The predicted octanol–water partition coefficient (Wildman–Crippen LogP) is 3.27. The van der Waals surface area contributed by atoms with E-state index in [1.54, 1.807) is 36.4 Å². The van der Waals surface area contributed by atoms with Crippen molar-refractivity contribution in [2.45, 2.75) is 11.6 Å². The fourth-order valence-corrected chi connectivity index (χ4v) is 5.44. The van der Waals surface area contributed by atoms with Crippen molar-refractivity contribution in [2.75, 3.05) is 31.0 Å². The van der Waals surface area contributed by atoms with Gasteiger partial charge >= 0.3 is 5.97 Å². The lowest BCUT2D eigenvalue weighted by molar-refractivity contribution is -0.152. The summed E-state index contributed by atoms with van der Waals surface area (Å²) in [5, 5.41) is 3.41. The molecule has 35 heavy (non-hydrogen) atoms. The molecule has 178 valence electrons. The maximum atomic E-state index is 14.0. The van der Waals surface area contributed by atoms with Gasteiger partial charge in [-0.3, -0.25) is 14.9 Å². The fourth-order valence-electron chi connectivity index (χ4n) is 5.44. The molecule has 7 nitrogen and oxygen atoms in total. The van der Waals surface area contributed by atoms with Crippen LogP contribution >= 0.6 is 0 Å². The molecule has 5 rings (SSSR count). The molecule has 2 aliphatic rings. The third-order valence-electron chi connectivity index (χ3n) is 7.08. The van der Waals surface area contributed by atoms with Crippen LogP contribution in [0.5, 0.6) is 0 Å². The van der Waals surface area contributed by atoms with Gasteiger partial charge < -0.3 is 9.64 Å². The van der Waals surface area contributed by atoms with Crippen LogP contribution in [-0.4, -0.2) is 39.0 Å². The zero-order valence-corrected chi connectivity index (χ0v) is 19.8. The summed E-state index contributed by atoms with van der Waals surface area (Å²) >= 11 is 0. The molecule has 4 atom stereocenters. The van der Waals surface area contributed by atoms with Crippen molar-refractivity contribution in [2.24, 2.45) is 11.8 Å². The summed E-state index contributed by atoms with van der Waals surface area (Å²) in [6.45, 7) is 0. The fraction of sp³-hybridized carbons (Fsp3) is 0.250. The molecule has 2 aliphatic heterocycles. The number of ether oxygens (including phenoxy) is 1. The molecule has 0 aromatic heterocycles. The van der Waals surface area contributed by atoms with Crippen LogP contribution < -0.4 is 15.1 Å². The zero-order chi connectivity index (χ0) is 24.7. The number of imide groups is 1. The van der Waals surface area contributed by atoms with Crippen LogP contribution in [0.25, 0.3) is 0 Å². The smallest absolute Gasteiger partial charge is 0.331 e. The van der Waals surface area contributed by atoms with Crippen molar-refractivity contribution < 1.29 is 19.1 Å². The summed E-state index contributed by atoms with van der Waals surface area (Å²) < 4.78 is 5.27. The van der Waals surface area contributed by atoms with E-state index in [1.807, 2.05) is 67.5 Å². The second-order valence-corrected chi connectivity index (χ2v) is 9.12. The van der Waals surface area contributed by atoms with Crippen molar-refractivity contribution in [3.8, 4) is 0 Å². The number of fused-ring (bicyclic) bond motifs is 1. The second kappa shape index (κ2) is 8.67. The molecular formula is C28H27N3O4. The summed E-state index contributed by atoms with van der Waals surface area (Å²) in [5.74, 6) is -3.10. The SMILES string of the molecule is COC(=O)[C@]1(c2ccccc2)N[C@H](c2ccc(N(C)C)cc2)[C@H]2C(=O)N(c3ccccc3)C(=O)[C@@H]21. The second-order valence-electron chi connectivity index (χ2n) is 9.12. The number of carbonyl (C=O) groups excluding carboxylic acids is 3. The molecule has 1 N–H and O–H groups in total. The van der Waals surface area contributed by atoms with E-state index in [1.165, 1.54) is 12.0 Å². The van der Waals surface area contributed by atoms with E-state index in [0.29, 0.717) is 11.3 Å². The van der Waals surface area contributed by atoms with E-state index < -0.39 is 35.3 Å². The lowest BCUT2D eigenvalue weighted by atomic mass is 9.75. The monoisotopic (exact) mass is 469 g/mol. The summed E-state index contributed by atoms with van der Waals surface area (Å²) in [5.41, 5.74) is 1.39. The number of methoxy groups -OCH3 is 1. The highest BCUT2D eigenvalue weighted by atomic mass is 16.5. The van der Waals surface area contributed by atoms with Crippen LogP contribution in [0.1, 0.15) is 17.2 Å². The molecule has 2 saturated heterocycles. The van der Waals surface area contributed by atoms with Crippen molar-refractivity contribution in [3.63, 3.8) is 0 Å². The van der Waals surface area contributed by atoms with Crippen LogP contribution in [0.15, 0.2) is 84.9 Å². The number of esters is 1. The van der Waals surface area contributed by atoms with Crippen molar-refractivity contribution in [1.29, 1.82) is 0 Å². The Bertz CT molecular complexity index is 1260. The van der Waals surface area contributed by atoms with Gasteiger partial charge in [0.1, 0.15) is 0 Å². The van der Waals surface area contributed by atoms with Crippen LogP contribution in [0.2, 0.25) is 0 Å². The van der Waals surface area contributed by atoms with E-state index in [-0.39, 0.29) is 5.91 Å². The van der Waals surface area contributed by atoms with E-state index in [9.17, 15) is 14.4 Å². The minimum atomic E-state index is -1.51. The molecule has 0 spiro atoms. The Kier molecular flexibility index (Phi) is 5.65. The number of nitrogens with zero attached hydrogens (tertiary/aromatic N) is 2. The van der Waals surface area contributed by atoms with Gasteiger partial charge in [-0.2, -0.15) is 0 Å². The number of amides is 2. The van der Waals surface area contributed by atoms with Gasteiger partial charge in [-0.05, 0) is 35.4 Å². The third-order valence-corrected chi connectivity index (χ3v) is 7.08. The number of rotatable bonds is 5. The van der Waals surface area contributed by atoms with E-state index in [0.717, 1.165) is 11.3 Å². The number of hydrogen-bond donors (Lipinski definition) is 1. The van der Waals surface area contributed by atoms with Crippen LogP contribution in [0.4, 0.5) is 11.4 Å². The first-order chi connectivity index (χ1) is 16.9. The lowest BCUT2D eigenvalue weighted by Gasteiger charge is -2.33. The summed E-state index contributed by atoms with van der Waals surface area (Å²) in [7, 11) is 5.21. The molecule has 0 saturated carbocycles. The van der Waals surface area contributed by atoms with Crippen molar-refractivity contribution in [3.05, 3.63) is 96.1 Å². The Morgan fingerprint density at radius 2 is 1.49 bits per heavy atom. The molecular weight excluding hydrogens is 442 g/mol. The molecule has 2 heterocycles. The Hall–Kier alpha value is -3.97. The van der Waals surface area contributed by atoms with Gasteiger partial charge in [0.2, 0.25) is 11.8 Å². The topological polar surface area (TPSA) is 79.0 Å². The molecule has 0 bridgehead atoms. The zero-order valence-electron chi connectivity index (χ0n) is 19.8. The molecule has 0 radical (unpaired) electrons. The normalized spacial score (nSPS) is 25.5. The Morgan fingerprint density at radius 3 is 2.06 bits per heavy atom. The van der Waals surface area contributed by atoms with Crippen molar-refractivity contribution in [1.82, 2.24) is 5.32 Å². The Labute approximate surface area is 204 Å². The quantitative estimate of drug-likeness (QED) is 0.457. The average Bonchev–Trinajstić information content (AvgIpc) is 3.39. The summed E-state index contributed by atoms with van der Waals surface area (Å²) in [6.07, 6.45) is 0. The van der Waals surface area contributed by atoms with E-state index in [2.05, 4.69) is 5.32 Å². The predicted molar refractivity (Wildman–Crippen MR) is 133 cm³/mol. The first-order valence-corrected chi connectivity index (χ1v) is 11.5. The number of para-hydroxylation sites is 1. The lowest BCUT2D eigenvalue weighted by Crippen LogP contribution is -2.53. The van der Waals surface area contributed by atoms with Gasteiger partial charge in [-0.1, -0.05) is 60.7 Å². The minimum absolute atomic E-state index is 0.331. The highest BCUT2D eigenvalue weighted by Gasteiger charge is 2.69. The Morgan fingerprint density at radius 1 is 0.886 bits per heavy atom. The molecule has 3 aromatic carbocycles. The third kappa shape index (κ3) is 3.42. The van der Waals surface area contributed by atoms with Crippen LogP contribution in [0.3, 0.4) is 0 Å². The highest BCUT2D eigenvalue weighted by Crippen LogP contribution is 2.54. The minimum Gasteiger partial charge on any atom is -0.467 e. The largest absolute Gasteiger partial charge is 0.467 e. The number of benzene rings is 3. The molecule has 2 amide bonds. The van der Waals surface area contributed by atoms with E-state index in [4.69, 9.17) is 4.74 Å². The maximum Gasteiger partial charge on any atom is 0.331 e. The Balaban J connectivity index is 1.70. The van der Waals surface area contributed by atoms with Gasteiger partial charge in [0, 0.05) is 25.8 Å². The number of nitrogens with one attached hydrogen (secondary N) is 1. The van der Waals surface area contributed by atoms with Gasteiger partial charge in [-0.15, -0.1) is 0 Å². The highest BCUT2D eigenvalue weighted by molar-refractivity contribution is 6.24. The van der Waals surface area contributed by atoms with Gasteiger partial charge in [0.05, 0.1) is 24.6 Å². The summed E-state index contributed by atoms with van der Waals surface area (Å²) in [6, 6.07) is 25.1. The van der Waals surface area contributed by atoms with Gasteiger partial charge in [0.15, 0.2) is 5.54 Å². The maximum absolute atomic E-state index is 14.0. The van der Waals surface area contributed by atoms with E-state index >= 15 is 0 Å². The number of hydrogen-bond acceptors (Lipinski definition) is 6. The molecule has 7 heteroatoms. The van der Waals surface area contributed by atoms with Gasteiger partial charge in [-0.25, -0.2) is 9.69 Å². The molecule has 3 aromatic rings. The summed E-state index contributed by atoms with van der Waals surface area (Å²) in [4.78, 5) is 44.6. The molecule has 2 fully saturated rings. The first kappa shape index (κ1) is 22.8. The number of anilines is 2. The molecule has 0 unspecified atom stereocenters. The first-order valence-electron chi connectivity index (χ1n) is 11.5.